The summed E-state index contributed by atoms with van der Waals surface area (Å²) < 4.78 is 5.14. The fourth-order valence-electron chi connectivity index (χ4n) is 2.83. The molecule has 2 amide bonds. The fourth-order valence-corrected chi connectivity index (χ4v) is 2.96. The van der Waals surface area contributed by atoms with Gasteiger partial charge in [-0.25, -0.2) is 4.79 Å². The summed E-state index contributed by atoms with van der Waals surface area (Å²) in [4.78, 5) is 38.2. The number of nitrogens with one attached hydrogen (secondary N) is 1. The molecule has 2 aromatic carbocycles. The summed E-state index contributed by atoms with van der Waals surface area (Å²) in [6.45, 7) is 1.36. The molecule has 0 unspecified atom stereocenters. The summed E-state index contributed by atoms with van der Waals surface area (Å²) >= 11 is 5.79. The van der Waals surface area contributed by atoms with Crippen molar-refractivity contribution in [1.82, 2.24) is 0 Å². The number of fused-ring (bicyclic) bond motifs is 1. The summed E-state index contributed by atoms with van der Waals surface area (Å²) in [6, 6.07) is 12.9. The number of carbonyl (C=O) groups is 3. The predicted molar refractivity (Wildman–Crippen MR) is 98.4 cm³/mol. The van der Waals surface area contributed by atoms with Crippen molar-refractivity contribution in [3.05, 3.63) is 59.1 Å². The van der Waals surface area contributed by atoms with Crippen LogP contribution in [0.5, 0.6) is 0 Å². The van der Waals surface area contributed by atoms with Gasteiger partial charge in [0.1, 0.15) is 0 Å². The number of hydrogen-bond acceptors (Lipinski definition) is 4. The molecular formula is C19H17ClN2O4. The van der Waals surface area contributed by atoms with Crippen LogP contribution in [0.15, 0.2) is 48.5 Å². The largest absolute Gasteiger partial charge is 0.452 e. The number of benzene rings is 2. The topological polar surface area (TPSA) is 75.7 Å². The van der Waals surface area contributed by atoms with Crippen molar-refractivity contribution in [3.63, 3.8) is 0 Å². The van der Waals surface area contributed by atoms with Crippen LogP contribution in [-0.4, -0.2) is 30.4 Å². The van der Waals surface area contributed by atoms with Crippen LogP contribution in [0.1, 0.15) is 23.7 Å². The highest BCUT2D eigenvalue weighted by Crippen LogP contribution is 2.31. The third kappa shape index (κ3) is 3.86. The number of para-hydroxylation sites is 2. The highest BCUT2D eigenvalue weighted by atomic mass is 35.5. The Labute approximate surface area is 155 Å². The zero-order chi connectivity index (χ0) is 18.7. The summed E-state index contributed by atoms with van der Waals surface area (Å²) in [7, 11) is 0. The average molecular weight is 373 g/mol. The van der Waals surface area contributed by atoms with Crippen LogP contribution < -0.4 is 10.2 Å². The van der Waals surface area contributed by atoms with Gasteiger partial charge in [-0.3, -0.25) is 9.59 Å². The minimum absolute atomic E-state index is 0.158. The Morgan fingerprint density at radius 1 is 1.19 bits per heavy atom. The van der Waals surface area contributed by atoms with Crippen LogP contribution in [0.25, 0.3) is 0 Å². The summed E-state index contributed by atoms with van der Waals surface area (Å²) in [5.74, 6) is -1.18. The Morgan fingerprint density at radius 2 is 1.88 bits per heavy atom. The monoisotopic (exact) mass is 372 g/mol. The fraction of sp³-hybridized carbons (Fsp3) is 0.211. The number of esters is 1. The van der Waals surface area contributed by atoms with Gasteiger partial charge in [0.05, 0.1) is 16.9 Å². The maximum absolute atomic E-state index is 12.7. The van der Waals surface area contributed by atoms with Crippen molar-refractivity contribution in [2.75, 3.05) is 16.8 Å². The van der Waals surface area contributed by atoms with Crippen LogP contribution in [0, 0.1) is 0 Å². The first-order chi connectivity index (χ1) is 12.5. The third-order valence-corrected chi connectivity index (χ3v) is 4.29. The van der Waals surface area contributed by atoms with Gasteiger partial charge in [0.2, 0.25) is 5.91 Å². The van der Waals surface area contributed by atoms with Gasteiger partial charge in [-0.2, -0.15) is 0 Å². The molecule has 1 aliphatic heterocycles. The van der Waals surface area contributed by atoms with E-state index < -0.39 is 18.5 Å². The van der Waals surface area contributed by atoms with E-state index >= 15 is 0 Å². The zero-order valence-corrected chi connectivity index (χ0v) is 14.8. The minimum Gasteiger partial charge on any atom is -0.452 e. The Hall–Kier alpha value is -2.86. The second kappa shape index (κ2) is 7.58. The second-order valence-electron chi connectivity index (χ2n) is 5.97. The smallest absolute Gasteiger partial charge is 0.338 e. The molecule has 0 radical (unpaired) electrons. The van der Waals surface area contributed by atoms with E-state index in [1.165, 1.54) is 17.0 Å². The molecule has 134 valence electrons. The molecule has 1 heterocycles. The molecule has 0 aromatic heterocycles. The molecule has 1 N–H and O–H groups in total. The number of anilines is 2. The third-order valence-electron chi connectivity index (χ3n) is 4.03. The second-order valence-corrected chi connectivity index (χ2v) is 6.40. The Bertz CT molecular complexity index is 851. The van der Waals surface area contributed by atoms with Crippen molar-refractivity contribution in [3.8, 4) is 0 Å². The van der Waals surface area contributed by atoms with Gasteiger partial charge in [-0.05, 0) is 43.3 Å². The molecule has 1 atom stereocenters. The average Bonchev–Trinajstić information content (AvgIpc) is 2.74. The van der Waals surface area contributed by atoms with Gasteiger partial charge in [0.25, 0.3) is 5.91 Å². The lowest BCUT2D eigenvalue weighted by atomic mass is 10.1. The lowest BCUT2D eigenvalue weighted by molar-refractivity contribution is -0.122. The molecule has 2 aromatic rings. The molecule has 1 aliphatic rings. The molecule has 0 spiro atoms. The van der Waals surface area contributed by atoms with Crippen LogP contribution in [0.4, 0.5) is 11.4 Å². The van der Waals surface area contributed by atoms with E-state index in [-0.39, 0.29) is 18.4 Å². The molecule has 3 rings (SSSR count). The number of nitrogens with zero attached hydrogens (tertiary/aromatic N) is 1. The zero-order valence-electron chi connectivity index (χ0n) is 14.1. The van der Waals surface area contributed by atoms with E-state index in [1.807, 2.05) is 0 Å². The number of hydrogen-bond donors (Lipinski definition) is 1. The quantitative estimate of drug-likeness (QED) is 0.839. The highest BCUT2D eigenvalue weighted by molar-refractivity contribution is 6.30. The van der Waals surface area contributed by atoms with Crippen molar-refractivity contribution in [1.29, 1.82) is 0 Å². The van der Waals surface area contributed by atoms with Crippen LogP contribution in [-0.2, 0) is 14.3 Å². The van der Waals surface area contributed by atoms with E-state index in [0.29, 0.717) is 22.0 Å². The molecule has 0 fully saturated rings. The van der Waals surface area contributed by atoms with E-state index in [0.717, 1.165) is 0 Å². The molecule has 7 heteroatoms. The lowest BCUT2D eigenvalue weighted by Gasteiger charge is -2.27. The maximum atomic E-state index is 12.7. The number of halogens is 1. The molecule has 0 saturated heterocycles. The van der Waals surface area contributed by atoms with Crippen molar-refractivity contribution in [2.24, 2.45) is 0 Å². The van der Waals surface area contributed by atoms with Crippen molar-refractivity contribution in [2.45, 2.75) is 19.4 Å². The first-order valence-electron chi connectivity index (χ1n) is 8.09. The molecule has 26 heavy (non-hydrogen) atoms. The first-order valence-corrected chi connectivity index (χ1v) is 8.47. The molecular weight excluding hydrogens is 356 g/mol. The Balaban J connectivity index is 1.75. The van der Waals surface area contributed by atoms with Crippen LogP contribution >= 0.6 is 11.6 Å². The number of carbonyl (C=O) groups excluding carboxylic acids is 3. The number of rotatable bonds is 3. The van der Waals surface area contributed by atoms with E-state index in [1.54, 1.807) is 43.3 Å². The lowest BCUT2D eigenvalue weighted by Crippen LogP contribution is -2.41. The van der Waals surface area contributed by atoms with E-state index in [9.17, 15) is 14.4 Å². The van der Waals surface area contributed by atoms with Crippen molar-refractivity contribution >= 4 is 40.8 Å². The van der Waals surface area contributed by atoms with Gasteiger partial charge >= 0.3 is 5.97 Å². The van der Waals surface area contributed by atoms with Gasteiger partial charge < -0.3 is 15.0 Å². The molecule has 0 saturated carbocycles. The predicted octanol–water partition coefficient (Wildman–Crippen LogP) is 3.26. The molecule has 6 nitrogen and oxygen atoms in total. The molecule has 0 bridgehead atoms. The summed E-state index contributed by atoms with van der Waals surface area (Å²) in [5.41, 5.74) is 1.45. The Kier molecular flexibility index (Phi) is 5.23. The van der Waals surface area contributed by atoms with Crippen LogP contribution in [0.3, 0.4) is 0 Å². The first kappa shape index (κ1) is 17.9. The van der Waals surface area contributed by atoms with Gasteiger partial charge in [-0.15, -0.1) is 0 Å². The summed E-state index contributed by atoms with van der Waals surface area (Å²) in [6.07, 6.45) is 0.158. The van der Waals surface area contributed by atoms with Gasteiger partial charge in [0, 0.05) is 17.5 Å². The highest BCUT2D eigenvalue weighted by Gasteiger charge is 2.30. The number of ether oxygens (including phenoxy) is 1. The maximum Gasteiger partial charge on any atom is 0.338 e. The number of amides is 2. The van der Waals surface area contributed by atoms with Crippen molar-refractivity contribution < 1.29 is 19.1 Å². The Morgan fingerprint density at radius 3 is 2.62 bits per heavy atom. The molecule has 0 aliphatic carbocycles. The standard InChI is InChI=1S/C19H17ClN2O4/c1-12-10-17(23)21-15-4-2-3-5-16(15)22(12)18(24)11-26-19(25)13-6-8-14(20)9-7-13/h2-9,12H,10-11H2,1H3,(H,21,23)/t12-/m1/s1. The minimum atomic E-state index is -0.611. The van der Waals surface area contributed by atoms with Gasteiger partial charge in [-0.1, -0.05) is 23.7 Å². The van der Waals surface area contributed by atoms with E-state index in [4.69, 9.17) is 16.3 Å². The van der Waals surface area contributed by atoms with Gasteiger partial charge in [0.15, 0.2) is 6.61 Å². The van der Waals surface area contributed by atoms with E-state index in [2.05, 4.69) is 5.32 Å². The summed E-state index contributed by atoms with van der Waals surface area (Å²) in [5, 5.41) is 3.29. The SMILES string of the molecule is C[C@@H]1CC(=O)Nc2ccccc2N1C(=O)COC(=O)c1ccc(Cl)cc1. The van der Waals surface area contributed by atoms with Crippen LogP contribution in [0.2, 0.25) is 5.02 Å². The normalized spacial score (nSPS) is 16.3.